The summed E-state index contributed by atoms with van der Waals surface area (Å²) >= 11 is 0. The Hall–Kier alpha value is -1.71. The van der Waals surface area contributed by atoms with Gasteiger partial charge < -0.3 is 14.2 Å². The third-order valence-electron chi connectivity index (χ3n) is 2.30. The lowest BCUT2D eigenvalue weighted by Gasteiger charge is -2.23. The zero-order chi connectivity index (χ0) is 16.3. The minimum atomic E-state index is -0.654. The molecule has 0 aliphatic rings. The molecule has 118 valence electrons. The summed E-state index contributed by atoms with van der Waals surface area (Å²) in [7, 11) is 0. The molecule has 0 saturated carbocycles. The van der Waals surface area contributed by atoms with E-state index in [9.17, 15) is 4.79 Å². The van der Waals surface area contributed by atoms with Crippen molar-refractivity contribution in [2.24, 2.45) is 0 Å². The Kier molecular flexibility index (Phi) is 5.26. The Balaban J connectivity index is 2.61. The van der Waals surface area contributed by atoms with E-state index in [2.05, 4.69) is 0 Å². The van der Waals surface area contributed by atoms with Crippen molar-refractivity contribution < 1.29 is 19.0 Å². The van der Waals surface area contributed by atoms with Crippen molar-refractivity contribution in [1.82, 2.24) is 0 Å². The summed E-state index contributed by atoms with van der Waals surface area (Å²) in [5.74, 6) is 0.993. The highest BCUT2D eigenvalue weighted by Gasteiger charge is 2.23. The van der Waals surface area contributed by atoms with Gasteiger partial charge in [-0.1, -0.05) is 0 Å². The summed E-state index contributed by atoms with van der Waals surface area (Å²) in [4.78, 5) is 11.8. The lowest BCUT2D eigenvalue weighted by atomic mass is 10.2. The van der Waals surface area contributed by atoms with Crippen LogP contribution in [0.25, 0.3) is 0 Å². The molecule has 1 atom stereocenters. The van der Waals surface area contributed by atoms with Gasteiger partial charge in [0.25, 0.3) is 0 Å². The van der Waals surface area contributed by atoms with E-state index in [1.165, 1.54) is 0 Å². The Morgan fingerprint density at radius 3 is 1.81 bits per heavy atom. The van der Waals surface area contributed by atoms with Crippen LogP contribution in [0.1, 0.15) is 48.5 Å². The van der Waals surface area contributed by atoms with Crippen LogP contribution in [0.4, 0.5) is 0 Å². The Morgan fingerprint density at radius 2 is 1.38 bits per heavy atom. The second-order valence-corrected chi connectivity index (χ2v) is 6.98. The van der Waals surface area contributed by atoms with Crippen molar-refractivity contribution in [2.45, 2.75) is 65.8 Å². The zero-order valence-corrected chi connectivity index (χ0v) is 14.0. The molecular weight excluding hydrogens is 268 g/mol. The van der Waals surface area contributed by atoms with E-state index in [4.69, 9.17) is 14.2 Å². The highest BCUT2D eigenvalue weighted by atomic mass is 16.6. The second kappa shape index (κ2) is 6.37. The Morgan fingerprint density at radius 1 is 0.905 bits per heavy atom. The zero-order valence-electron chi connectivity index (χ0n) is 14.0. The van der Waals surface area contributed by atoms with Gasteiger partial charge in [0.1, 0.15) is 22.7 Å². The molecule has 0 radical (unpaired) electrons. The molecule has 1 rings (SSSR count). The fourth-order valence-electron chi connectivity index (χ4n) is 1.58. The Bertz CT molecular complexity index is 463. The first-order valence-corrected chi connectivity index (χ1v) is 7.15. The second-order valence-electron chi connectivity index (χ2n) is 6.98. The van der Waals surface area contributed by atoms with Crippen LogP contribution in [-0.2, 0) is 9.53 Å². The molecule has 1 aromatic rings. The lowest BCUT2D eigenvalue weighted by Crippen LogP contribution is -2.33. The molecule has 0 fully saturated rings. The van der Waals surface area contributed by atoms with Crippen LogP contribution in [0.15, 0.2) is 24.3 Å². The number of rotatable bonds is 4. The normalized spacial score (nSPS) is 13.5. The highest BCUT2D eigenvalue weighted by Crippen LogP contribution is 2.22. The van der Waals surface area contributed by atoms with Crippen molar-refractivity contribution in [2.75, 3.05) is 0 Å². The van der Waals surface area contributed by atoms with Crippen LogP contribution in [0, 0.1) is 0 Å². The number of carbonyl (C=O) groups is 1. The fraction of sp³-hybridized carbons (Fsp3) is 0.588. The molecule has 0 N–H and O–H groups in total. The maximum Gasteiger partial charge on any atom is 0.347 e. The lowest BCUT2D eigenvalue weighted by molar-refractivity contribution is -0.162. The van der Waals surface area contributed by atoms with Gasteiger partial charge in [-0.15, -0.1) is 0 Å². The van der Waals surface area contributed by atoms with Crippen LogP contribution in [0.2, 0.25) is 0 Å². The van der Waals surface area contributed by atoms with Crippen LogP contribution in [0.3, 0.4) is 0 Å². The molecule has 0 aliphatic carbocycles. The maximum atomic E-state index is 11.8. The van der Waals surface area contributed by atoms with E-state index in [-0.39, 0.29) is 11.6 Å². The maximum absolute atomic E-state index is 11.8. The van der Waals surface area contributed by atoms with E-state index >= 15 is 0 Å². The van der Waals surface area contributed by atoms with Crippen molar-refractivity contribution >= 4 is 5.97 Å². The molecule has 4 heteroatoms. The van der Waals surface area contributed by atoms with E-state index in [0.717, 1.165) is 5.75 Å². The van der Waals surface area contributed by atoms with Gasteiger partial charge in [-0.25, -0.2) is 4.79 Å². The predicted molar refractivity (Wildman–Crippen MR) is 82.8 cm³/mol. The molecule has 0 saturated heterocycles. The van der Waals surface area contributed by atoms with Gasteiger partial charge in [0, 0.05) is 0 Å². The molecule has 0 aromatic heterocycles. The van der Waals surface area contributed by atoms with E-state index < -0.39 is 11.7 Å². The molecule has 0 amide bonds. The van der Waals surface area contributed by atoms with Gasteiger partial charge in [0.05, 0.1) is 0 Å². The molecule has 21 heavy (non-hydrogen) atoms. The fourth-order valence-corrected chi connectivity index (χ4v) is 1.58. The number of hydrogen-bond acceptors (Lipinski definition) is 4. The third kappa shape index (κ3) is 7.02. The van der Waals surface area contributed by atoms with Crippen molar-refractivity contribution in [3.05, 3.63) is 24.3 Å². The minimum Gasteiger partial charge on any atom is -0.488 e. The minimum absolute atomic E-state index is 0.244. The number of benzene rings is 1. The summed E-state index contributed by atoms with van der Waals surface area (Å²) < 4.78 is 16.6. The summed E-state index contributed by atoms with van der Waals surface area (Å²) in [6.07, 6.45) is -0.654. The van der Waals surface area contributed by atoms with Crippen LogP contribution in [-0.4, -0.2) is 23.3 Å². The number of ether oxygens (including phenoxy) is 3. The van der Waals surface area contributed by atoms with Gasteiger partial charge in [0.2, 0.25) is 0 Å². The first-order valence-electron chi connectivity index (χ1n) is 7.15. The molecule has 0 heterocycles. The van der Waals surface area contributed by atoms with Crippen molar-refractivity contribution in [1.29, 1.82) is 0 Å². The molecule has 0 bridgehead atoms. The molecule has 0 aliphatic heterocycles. The smallest absolute Gasteiger partial charge is 0.347 e. The Labute approximate surface area is 127 Å². The van der Waals surface area contributed by atoms with E-state index in [1.807, 2.05) is 53.7 Å². The standard InChI is InChI=1S/C17H26O4/c1-12(15(18)21-17(5,6)7)19-13-8-10-14(11-9-13)20-16(2,3)4/h8-12H,1-7H3. The average Bonchev–Trinajstić information content (AvgIpc) is 2.27. The number of hydrogen-bond donors (Lipinski definition) is 0. The van der Waals surface area contributed by atoms with Gasteiger partial charge in [-0.3, -0.25) is 0 Å². The third-order valence-corrected chi connectivity index (χ3v) is 2.30. The van der Waals surface area contributed by atoms with Gasteiger partial charge in [-0.2, -0.15) is 0 Å². The van der Waals surface area contributed by atoms with Crippen molar-refractivity contribution in [3.8, 4) is 11.5 Å². The van der Waals surface area contributed by atoms with E-state index in [0.29, 0.717) is 5.75 Å². The molecule has 0 spiro atoms. The van der Waals surface area contributed by atoms with Crippen LogP contribution in [0.5, 0.6) is 11.5 Å². The van der Waals surface area contributed by atoms with Gasteiger partial charge in [0.15, 0.2) is 6.10 Å². The summed E-state index contributed by atoms with van der Waals surface area (Å²) in [6.45, 7) is 13.1. The largest absolute Gasteiger partial charge is 0.488 e. The summed E-state index contributed by atoms with van der Waals surface area (Å²) in [5.41, 5.74) is -0.759. The summed E-state index contributed by atoms with van der Waals surface area (Å²) in [6, 6.07) is 7.20. The van der Waals surface area contributed by atoms with Crippen LogP contribution < -0.4 is 9.47 Å². The van der Waals surface area contributed by atoms with Gasteiger partial charge >= 0.3 is 5.97 Å². The number of carbonyl (C=O) groups excluding carboxylic acids is 1. The monoisotopic (exact) mass is 294 g/mol. The highest BCUT2D eigenvalue weighted by molar-refractivity contribution is 5.75. The molecule has 4 nitrogen and oxygen atoms in total. The number of esters is 1. The van der Waals surface area contributed by atoms with Gasteiger partial charge in [-0.05, 0) is 72.7 Å². The predicted octanol–water partition coefficient (Wildman–Crippen LogP) is 3.97. The van der Waals surface area contributed by atoms with Crippen LogP contribution >= 0.6 is 0 Å². The van der Waals surface area contributed by atoms with E-state index in [1.54, 1.807) is 19.1 Å². The summed E-state index contributed by atoms with van der Waals surface area (Å²) in [5, 5.41) is 0. The quantitative estimate of drug-likeness (QED) is 0.788. The van der Waals surface area contributed by atoms with Crippen molar-refractivity contribution in [3.63, 3.8) is 0 Å². The first-order chi connectivity index (χ1) is 9.46. The molecular formula is C17H26O4. The first kappa shape index (κ1) is 17.3. The molecule has 1 aromatic carbocycles. The average molecular weight is 294 g/mol. The SMILES string of the molecule is CC(Oc1ccc(OC(C)(C)C)cc1)C(=O)OC(C)(C)C. The molecule has 1 unspecified atom stereocenters. The topological polar surface area (TPSA) is 44.8 Å².